The van der Waals surface area contributed by atoms with Gasteiger partial charge in [-0.1, -0.05) is 20.8 Å². The summed E-state index contributed by atoms with van der Waals surface area (Å²) < 4.78 is 12.0. The number of aromatic nitrogens is 2. The van der Waals surface area contributed by atoms with E-state index >= 15 is 0 Å². The average molecular weight is 365 g/mol. The summed E-state index contributed by atoms with van der Waals surface area (Å²) in [5.41, 5.74) is 1.15. The van der Waals surface area contributed by atoms with Crippen LogP contribution in [0.15, 0.2) is 13.9 Å². The van der Waals surface area contributed by atoms with E-state index in [-0.39, 0.29) is 0 Å². The molecule has 6 heteroatoms. The Hall–Kier alpha value is -0.880. The quantitative estimate of drug-likeness (QED) is 0.745. The minimum absolute atomic E-state index is 0.350. The van der Waals surface area contributed by atoms with Crippen LogP contribution in [0.1, 0.15) is 74.4 Å². The lowest BCUT2D eigenvalue weighted by molar-refractivity contribution is 0.401. The van der Waals surface area contributed by atoms with Crippen molar-refractivity contribution in [2.75, 3.05) is 5.75 Å². The number of hydrogen-bond donors (Lipinski definition) is 0. The van der Waals surface area contributed by atoms with Crippen LogP contribution in [0.25, 0.3) is 0 Å². The van der Waals surface area contributed by atoms with Crippen molar-refractivity contribution < 1.29 is 8.83 Å². The van der Waals surface area contributed by atoms with Crippen LogP contribution in [0.4, 0.5) is 0 Å². The summed E-state index contributed by atoms with van der Waals surface area (Å²) in [4.78, 5) is 9.38. The summed E-state index contributed by atoms with van der Waals surface area (Å²) in [7, 11) is 0. The van der Waals surface area contributed by atoms with E-state index < -0.39 is 0 Å². The summed E-state index contributed by atoms with van der Waals surface area (Å²) in [5.74, 6) is 6.82. The minimum Gasteiger partial charge on any atom is -0.445 e. The molecule has 2 unspecified atom stereocenters. The summed E-state index contributed by atoms with van der Waals surface area (Å²) in [6, 6.07) is 0. The number of thioether (sulfide) groups is 2. The molecule has 2 aromatic heterocycles. The van der Waals surface area contributed by atoms with E-state index in [2.05, 4.69) is 25.8 Å². The van der Waals surface area contributed by atoms with Crippen molar-refractivity contribution in [2.45, 2.75) is 74.3 Å². The third-order valence-corrected chi connectivity index (χ3v) is 7.02. The smallest absolute Gasteiger partial charge is 0.198 e. The van der Waals surface area contributed by atoms with E-state index in [1.807, 2.05) is 23.5 Å². The van der Waals surface area contributed by atoms with E-state index in [4.69, 9.17) is 13.8 Å². The molecule has 0 radical (unpaired) electrons. The van der Waals surface area contributed by atoms with Gasteiger partial charge in [0.1, 0.15) is 16.5 Å². The zero-order valence-electron chi connectivity index (χ0n) is 14.5. The Kier molecular flexibility index (Phi) is 4.69. The molecule has 4 rings (SSSR count). The average Bonchev–Trinajstić information content (AvgIpc) is 3.18. The fourth-order valence-corrected chi connectivity index (χ4v) is 5.52. The third kappa shape index (κ3) is 3.27. The predicted molar refractivity (Wildman–Crippen MR) is 98.0 cm³/mol. The topological polar surface area (TPSA) is 52.1 Å². The molecule has 0 N–H and O–H groups in total. The van der Waals surface area contributed by atoms with Crippen molar-refractivity contribution in [1.29, 1.82) is 0 Å². The molecule has 130 valence electrons. The maximum Gasteiger partial charge on any atom is 0.198 e. The van der Waals surface area contributed by atoms with Gasteiger partial charge in [-0.3, -0.25) is 0 Å². The molecule has 0 aliphatic carbocycles. The van der Waals surface area contributed by atoms with Gasteiger partial charge in [-0.2, -0.15) is 11.8 Å². The van der Waals surface area contributed by atoms with Gasteiger partial charge in [0.25, 0.3) is 0 Å². The lowest BCUT2D eigenvalue weighted by atomic mass is 10.0. The van der Waals surface area contributed by atoms with Crippen LogP contribution in [0.5, 0.6) is 0 Å². The maximum atomic E-state index is 6.04. The Balaban J connectivity index is 1.42. The van der Waals surface area contributed by atoms with Crippen molar-refractivity contribution in [1.82, 2.24) is 9.97 Å². The van der Waals surface area contributed by atoms with Crippen LogP contribution in [0.2, 0.25) is 0 Å². The van der Waals surface area contributed by atoms with Gasteiger partial charge < -0.3 is 8.83 Å². The van der Waals surface area contributed by atoms with E-state index in [1.54, 1.807) is 0 Å². The molecule has 2 atom stereocenters. The van der Waals surface area contributed by atoms with Crippen molar-refractivity contribution in [3.05, 3.63) is 29.0 Å². The second-order valence-electron chi connectivity index (χ2n) is 7.08. The van der Waals surface area contributed by atoms with Crippen molar-refractivity contribution >= 4 is 23.5 Å². The molecule has 0 aromatic carbocycles. The standard InChI is InChI=1S/C18H24N2O2S2/c1-10(2)16-19-13-9-24-12(8-15(13)22-16)7-11(3)17-20-18-14(21-17)5-4-6-23-18/h10-12H,4-9H2,1-3H3. The summed E-state index contributed by atoms with van der Waals surface area (Å²) in [5, 5.41) is 1.68. The first kappa shape index (κ1) is 16.6. The SMILES string of the molecule is CC(C)c1nc2c(o1)CC(CC(C)c1nc3c(o1)CCCS3)SC2. The second-order valence-corrected chi connectivity index (χ2v) is 9.46. The molecular formula is C18H24N2O2S2. The highest BCUT2D eigenvalue weighted by atomic mass is 32.2. The molecule has 0 saturated heterocycles. The Morgan fingerprint density at radius 2 is 1.96 bits per heavy atom. The maximum absolute atomic E-state index is 6.04. The lowest BCUT2D eigenvalue weighted by Crippen LogP contribution is -2.16. The first-order valence-corrected chi connectivity index (χ1v) is 10.9. The first-order valence-electron chi connectivity index (χ1n) is 8.82. The highest BCUT2D eigenvalue weighted by molar-refractivity contribution is 7.99. The zero-order chi connectivity index (χ0) is 16.7. The van der Waals surface area contributed by atoms with Crippen LogP contribution >= 0.6 is 23.5 Å². The van der Waals surface area contributed by atoms with Crippen molar-refractivity contribution in [3.63, 3.8) is 0 Å². The molecule has 4 nitrogen and oxygen atoms in total. The number of rotatable bonds is 4. The monoisotopic (exact) mass is 364 g/mol. The fourth-order valence-electron chi connectivity index (χ4n) is 3.27. The Morgan fingerprint density at radius 1 is 1.12 bits per heavy atom. The minimum atomic E-state index is 0.350. The highest BCUT2D eigenvalue weighted by Gasteiger charge is 2.29. The molecular weight excluding hydrogens is 340 g/mol. The van der Waals surface area contributed by atoms with Gasteiger partial charge in [-0.05, 0) is 12.8 Å². The van der Waals surface area contributed by atoms with Crippen LogP contribution in [0, 0.1) is 0 Å². The number of oxazole rings is 2. The van der Waals surface area contributed by atoms with Crippen molar-refractivity contribution in [2.24, 2.45) is 0 Å². The molecule has 0 fully saturated rings. The first-order chi connectivity index (χ1) is 11.6. The Bertz CT molecular complexity index is 699. The molecule has 2 aliphatic heterocycles. The van der Waals surface area contributed by atoms with Crippen LogP contribution in [-0.2, 0) is 18.6 Å². The molecule has 0 bridgehead atoms. The predicted octanol–water partition coefficient (Wildman–Crippen LogP) is 5.18. The van der Waals surface area contributed by atoms with Crippen LogP contribution in [-0.4, -0.2) is 21.0 Å². The number of fused-ring (bicyclic) bond motifs is 2. The van der Waals surface area contributed by atoms with Gasteiger partial charge in [0.2, 0.25) is 0 Å². The number of nitrogens with zero attached hydrogens (tertiary/aromatic N) is 2. The van der Waals surface area contributed by atoms with E-state index in [9.17, 15) is 0 Å². The molecule has 4 heterocycles. The molecule has 24 heavy (non-hydrogen) atoms. The fraction of sp³-hybridized carbons (Fsp3) is 0.667. The van der Waals surface area contributed by atoms with Crippen LogP contribution in [0.3, 0.4) is 0 Å². The van der Waals surface area contributed by atoms with Gasteiger partial charge in [-0.15, -0.1) is 11.8 Å². The largest absolute Gasteiger partial charge is 0.445 e. The van der Waals surface area contributed by atoms with Gasteiger partial charge in [0.05, 0.1) is 5.69 Å². The zero-order valence-corrected chi connectivity index (χ0v) is 16.1. The van der Waals surface area contributed by atoms with Gasteiger partial charge in [0, 0.05) is 41.4 Å². The Morgan fingerprint density at radius 3 is 2.75 bits per heavy atom. The molecule has 0 amide bonds. The summed E-state index contributed by atoms with van der Waals surface area (Å²) in [6.07, 6.45) is 4.29. The Labute approximate surface area is 151 Å². The van der Waals surface area contributed by atoms with Crippen LogP contribution < -0.4 is 0 Å². The van der Waals surface area contributed by atoms with Crippen molar-refractivity contribution in [3.8, 4) is 0 Å². The molecule has 2 aliphatic rings. The summed E-state index contributed by atoms with van der Waals surface area (Å²) >= 11 is 3.83. The normalized spacial score (nSPS) is 21.6. The second kappa shape index (κ2) is 6.79. The number of hydrogen-bond acceptors (Lipinski definition) is 6. The lowest BCUT2D eigenvalue weighted by Gasteiger charge is -2.21. The highest BCUT2D eigenvalue weighted by Crippen LogP contribution is 2.38. The van der Waals surface area contributed by atoms with Gasteiger partial charge in [-0.25, -0.2) is 9.97 Å². The van der Waals surface area contributed by atoms with E-state index in [0.29, 0.717) is 17.1 Å². The van der Waals surface area contributed by atoms with E-state index in [1.165, 1.54) is 6.42 Å². The molecule has 0 spiro atoms. The third-order valence-electron chi connectivity index (χ3n) is 4.66. The van der Waals surface area contributed by atoms with Gasteiger partial charge >= 0.3 is 0 Å². The van der Waals surface area contributed by atoms with Gasteiger partial charge in [0.15, 0.2) is 11.8 Å². The van der Waals surface area contributed by atoms with E-state index in [0.717, 1.165) is 64.8 Å². The summed E-state index contributed by atoms with van der Waals surface area (Å²) in [6.45, 7) is 6.50. The molecule has 2 aromatic rings. The number of aryl methyl sites for hydroxylation is 1. The molecule has 0 saturated carbocycles.